The number of nitrogens with zero attached hydrogens (tertiary/aromatic N) is 4. The van der Waals surface area contributed by atoms with Gasteiger partial charge in [0, 0.05) is 45.0 Å². The van der Waals surface area contributed by atoms with Gasteiger partial charge in [0.05, 0.1) is 13.3 Å². The molecule has 1 aliphatic heterocycles. The first-order valence-corrected chi connectivity index (χ1v) is 9.64. The summed E-state index contributed by atoms with van der Waals surface area (Å²) in [6.07, 6.45) is 7.77. The summed E-state index contributed by atoms with van der Waals surface area (Å²) >= 11 is 0. The topological polar surface area (TPSA) is 33.5 Å². The quantitative estimate of drug-likeness (QED) is 0.728. The molecule has 0 spiro atoms. The number of benzene rings is 1. The van der Waals surface area contributed by atoms with E-state index in [1.807, 2.05) is 24.0 Å². The van der Waals surface area contributed by atoms with E-state index in [0.29, 0.717) is 0 Å². The first-order valence-electron chi connectivity index (χ1n) is 9.64. The Morgan fingerprint density at radius 1 is 1.31 bits per heavy atom. The highest BCUT2D eigenvalue weighted by molar-refractivity contribution is 5.33. The van der Waals surface area contributed by atoms with Crippen LogP contribution >= 0.6 is 0 Å². The van der Waals surface area contributed by atoms with E-state index in [4.69, 9.17) is 4.74 Å². The standard InChI is InChI=1S/C21H32N4O/c1-23(15-19-13-22-24(2)16-19)14-18-7-6-11-25(17-18)12-10-20-8-4-5-9-21(20)26-3/h4-5,8-9,13,16,18H,6-7,10-12,14-15,17H2,1-3H3. The van der Waals surface area contributed by atoms with E-state index in [1.54, 1.807) is 7.11 Å². The Bertz CT molecular complexity index is 684. The highest BCUT2D eigenvalue weighted by atomic mass is 16.5. The van der Waals surface area contributed by atoms with Crippen molar-refractivity contribution >= 4 is 0 Å². The van der Waals surface area contributed by atoms with E-state index in [9.17, 15) is 0 Å². The lowest BCUT2D eigenvalue weighted by Gasteiger charge is -2.34. The van der Waals surface area contributed by atoms with Crippen LogP contribution < -0.4 is 4.74 Å². The van der Waals surface area contributed by atoms with Gasteiger partial charge in [-0.15, -0.1) is 0 Å². The van der Waals surface area contributed by atoms with Crippen molar-refractivity contribution in [2.24, 2.45) is 13.0 Å². The van der Waals surface area contributed by atoms with Crippen molar-refractivity contribution in [1.29, 1.82) is 0 Å². The van der Waals surface area contributed by atoms with Gasteiger partial charge in [-0.25, -0.2) is 0 Å². The predicted molar refractivity (Wildman–Crippen MR) is 105 cm³/mol. The molecule has 0 saturated carbocycles. The highest BCUT2D eigenvalue weighted by Crippen LogP contribution is 2.21. The van der Waals surface area contributed by atoms with Crippen LogP contribution in [0, 0.1) is 5.92 Å². The van der Waals surface area contributed by atoms with E-state index >= 15 is 0 Å². The van der Waals surface area contributed by atoms with Gasteiger partial charge in [-0.05, 0) is 50.4 Å². The number of methoxy groups -OCH3 is 1. The molecule has 0 N–H and O–H groups in total. The highest BCUT2D eigenvalue weighted by Gasteiger charge is 2.21. The summed E-state index contributed by atoms with van der Waals surface area (Å²) in [5, 5.41) is 4.27. The lowest BCUT2D eigenvalue weighted by atomic mass is 9.97. The summed E-state index contributed by atoms with van der Waals surface area (Å²) in [4.78, 5) is 5.06. The van der Waals surface area contributed by atoms with Crippen LogP contribution in [-0.4, -0.2) is 59.9 Å². The largest absolute Gasteiger partial charge is 0.496 e. The third kappa shape index (κ3) is 5.32. The van der Waals surface area contributed by atoms with E-state index in [2.05, 4.69) is 46.3 Å². The van der Waals surface area contributed by atoms with Crippen molar-refractivity contribution in [2.75, 3.05) is 40.3 Å². The van der Waals surface area contributed by atoms with Crippen LogP contribution in [0.4, 0.5) is 0 Å². The minimum Gasteiger partial charge on any atom is -0.496 e. The first kappa shape index (κ1) is 18.9. The number of ether oxygens (including phenoxy) is 1. The number of aromatic nitrogens is 2. The Hall–Kier alpha value is -1.85. The van der Waals surface area contributed by atoms with Gasteiger partial charge in [0.25, 0.3) is 0 Å². The zero-order chi connectivity index (χ0) is 18.4. The van der Waals surface area contributed by atoms with E-state index < -0.39 is 0 Å². The van der Waals surface area contributed by atoms with Gasteiger partial charge >= 0.3 is 0 Å². The fraction of sp³-hybridized carbons (Fsp3) is 0.571. The van der Waals surface area contributed by atoms with Gasteiger partial charge < -0.3 is 14.5 Å². The molecule has 0 aliphatic carbocycles. The van der Waals surface area contributed by atoms with Crippen LogP contribution in [0.15, 0.2) is 36.7 Å². The third-order valence-electron chi connectivity index (χ3n) is 5.27. The monoisotopic (exact) mass is 356 g/mol. The molecule has 1 aromatic carbocycles. The SMILES string of the molecule is COc1ccccc1CCN1CCCC(CN(C)Cc2cnn(C)c2)C1. The van der Waals surface area contributed by atoms with Crippen LogP contribution in [0.1, 0.15) is 24.0 Å². The number of hydrogen-bond donors (Lipinski definition) is 0. The Kier molecular flexibility index (Phi) is 6.69. The molecular formula is C21H32N4O. The molecule has 1 saturated heterocycles. The van der Waals surface area contributed by atoms with Crippen molar-refractivity contribution in [1.82, 2.24) is 19.6 Å². The number of piperidine rings is 1. The molecule has 0 amide bonds. The minimum atomic E-state index is 0.753. The van der Waals surface area contributed by atoms with Gasteiger partial charge in [0.1, 0.15) is 5.75 Å². The Morgan fingerprint density at radius 2 is 2.15 bits per heavy atom. The number of hydrogen-bond acceptors (Lipinski definition) is 4. The second-order valence-electron chi connectivity index (χ2n) is 7.59. The fourth-order valence-corrected chi connectivity index (χ4v) is 4.06. The molecule has 1 aromatic heterocycles. The molecule has 0 radical (unpaired) electrons. The molecule has 1 fully saturated rings. The number of likely N-dealkylation sites (tertiary alicyclic amines) is 1. The summed E-state index contributed by atoms with van der Waals surface area (Å²) in [7, 11) is 5.96. The smallest absolute Gasteiger partial charge is 0.122 e. The summed E-state index contributed by atoms with van der Waals surface area (Å²) < 4.78 is 7.36. The average Bonchev–Trinajstić information content (AvgIpc) is 3.05. The molecule has 142 valence electrons. The Labute approximate surface area is 157 Å². The Balaban J connectivity index is 1.46. The van der Waals surface area contributed by atoms with Crippen LogP contribution in [0.5, 0.6) is 5.75 Å². The number of aryl methyl sites for hydroxylation is 1. The van der Waals surface area contributed by atoms with Crippen molar-refractivity contribution < 1.29 is 4.74 Å². The molecule has 3 rings (SSSR count). The first-order chi connectivity index (χ1) is 12.6. The maximum Gasteiger partial charge on any atom is 0.122 e. The molecule has 0 bridgehead atoms. The molecule has 5 nitrogen and oxygen atoms in total. The third-order valence-corrected chi connectivity index (χ3v) is 5.27. The molecule has 1 aliphatic rings. The number of rotatable bonds is 8. The molecule has 5 heteroatoms. The molecule has 26 heavy (non-hydrogen) atoms. The maximum absolute atomic E-state index is 5.49. The number of para-hydroxylation sites is 1. The summed E-state index contributed by atoms with van der Waals surface area (Å²) in [6.45, 7) is 5.67. The van der Waals surface area contributed by atoms with Crippen molar-refractivity contribution in [3.63, 3.8) is 0 Å². The molecular weight excluding hydrogens is 324 g/mol. The van der Waals surface area contributed by atoms with Gasteiger partial charge in [0.2, 0.25) is 0 Å². The normalized spacial score (nSPS) is 18.4. The molecule has 1 atom stereocenters. The Morgan fingerprint density at radius 3 is 2.92 bits per heavy atom. The van der Waals surface area contributed by atoms with Crippen LogP contribution in [-0.2, 0) is 20.0 Å². The zero-order valence-electron chi connectivity index (χ0n) is 16.4. The van der Waals surface area contributed by atoms with Gasteiger partial charge in [-0.3, -0.25) is 4.68 Å². The molecule has 1 unspecified atom stereocenters. The molecule has 2 aromatic rings. The summed E-state index contributed by atoms with van der Waals surface area (Å²) in [5.74, 6) is 1.76. The lowest BCUT2D eigenvalue weighted by Crippen LogP contribution is -2.40. The van der Waals surface area contributed by atoms with Crippen molar-refractivity contribution in [2.45, 2.75) is 25.8 Å². The second kappa shape index (κ2) is 9.19. The van der Waals surface area contributed by atoms with E-state index in [-0.39, 0.29) is 0 Å². The van der Waals surface area contributed by atoms with Crippen molar-refractivity contribution in [3.05, 3.63) is 47.8 Å². The summed E-state index contributed by atoms with van der Waals surface area (Å²) in [5.41, 5.74) is 2.60. The van der Waals surface area contributed by atoms with Gasteiger partial charge in [0.15, 0.2) is 0 Å². The van der Waals surface area contributed by atoms with Crippen LogP contribution in [0.25, 0.3) is 0 Å². The zero-order valence-corrected chi connectivity index (χ0v) is 16.4. The van der Waals surface area contributed by atoms with Crippen LogP contribution in [0.3, 0.4) is 0 Å². The van der Waals surface area contributed by atoms with Crippen LogP contribution in [0.2, 0.25) is 0 Å². The van der Waals surface area contributed by atoms with E-state index in [1.165, 1.54) is 37.1 Å². The predicted octanol–water partition coefficient (Wildman–Crippen LogP) is 2.82. The molecule has 2 heterocycles. The van der Waals surface area contributed by atoms with Crippen molar-refractivity contribution in [3.8, 4) is 5.75 Å². The fourth-order valence-electron chi connectivity index (χ4n) is 4.06. The summed E-state index contributed by atoms with van der Waals surface area (Å²) in [6, 6.07) is 8.38. The lowest BCUT2D eigenvalue weighted by molar-refractivity contribution is 0.142. The van der Waals surface area contributed by atoms with Gasteiger partial charge in [-0.2, -0.15) is 5.10 Å². The van der Waals surface area contributed by atoms with Gasteiger partial charge in [-0.1, -0.05) is 18.2 Å². The van der Waals surface area contributed by atoms with E-state index in [0.717, 1.165) is 37.7 Å². The maximum atomic E-state index is 5.49. The minimum absolute atomic E-state index is 0.753. The second-order valence-corrected chi connectivity index (χ2v) is 7.59. The average molecular weight is 357 g/mol.